The second kappa shape index (κ2) is 7.02. The van der Waals surface area contributed by atoms with Gasteiger partial charge in [0, 0.05) is 18.5 Å². The Kier molecular flexibility index (Phi) is 5.09. The van der Waals surface area contributed by atoms with E-state index >= 15 is 0 Å². The van der Waals surface area contributed by atoms with Crippen molar-refractivity contribution in [3.8, 4) is 0 Å². The van der Waals surface area contributed by atoms with Crippen LogP contribution < -0.4 is 5.32 Å². The molecular weight excluding hydrogens is 273 g/mol. The predicted octanol–water partition coefficient (Wildman–Crippen LogP) is 2.16. The van der Waals surface area contributed by atoms with Crippen molar-refractivity contribution in [3.05, 3.63) is 47.8 Å². The van der Waals surface area contributed by atoms with Crippen LogP contribution >= 0.6 is 0 Å². The highest BCUT2D eigenvalue weighted by molar-refractivity contribution is 5.82. The van der Waals surface area contributed by atoms with E-state index in [0.29, 0.717) is 6.54 Å². The van der Waals surface area contributed by atoms with Crippen molar-refractivity contribution in [2.24, 2.45) is 5.92 Å². The fraction of sp³-hybridized carbons (Fsp3) is 0.375. The molecule has 4 nitrogen and oxygen atoms in total. The van der Waals surface area contributed by atoms with E-state index in [1.807, 2.05) is 6.07 Å². The molecule has 0 saturated heterocycles. The van der Waals surface area contributed by atoms with Crippen molar-refractivity contribution in [2.45, 2.75) is 18.8 Å². The van der Waals surface area contributed by atoms with E-state index in [-0.39, 0.29) is 23.6 Å². The van der Waals surface area contributed by atoms with Gasteiger partial charge in [0.2, 0.25) is 5.91 Å². The SMILES string of the molecule is COC(=O)/C=C/CNC(=O)C1CC(c2cccc(F)c2)C1. The molecule has 1 fully saturated rings. The lowest BCUT2D eigenvalue weighted by Gasteiger charge is -2.34. The number of hydrogen-bond donors (Lipinski definition) is 1. The monoisotopic (exact) mass is 291 g/mol. The van der Waals surface area contributed by atoms with Crippen LogP contribution in [0.25, 0.3) is 0 Å². The molecule has 21 heavy (non-hydrogen) atoms. The molecule has 0 heterocycles. The van der Waals surface area contributed by atoms with E-state index in [1.54, 1.807) is 12.1 Å². The Balaban J connectivity index is 1.73. The van der Waals surface area contributed by atoms with Gasteiger partial charge in [0.1, 0.15) is 5.82 Å². The van der Waals surface area contributed by atoms with Gasteiger partial charge in [-0.3, -0.25) is 4.79 Å². The summed E-state index contributed by atoms with van der Waals surface area (Å²) in [5, 5.41) is 2.74. The molecule has 2 rings (SSSR count). The lowest BCUT2D eigenvalue weighted by molar-refractivity contribution is -0.135. The fourth-order valence-electron chi connectivity index (χ4n) is 2.39. The van der Waals surface area contributed by atoms with E-state index < -0.39 is 5.97 Å². The number of halogens is 1. The Morgan fingerprint density at radius 2 is 2.19 bits per heavy atom. The Bertz CT molecular complexity index is 550. The van der Waals surface area contributed by atoms with E-state index in [4.69, 9.17) is 0 Å². The van der Waals surface area contributed by atoms with Crippen LogP contribution in [0.4, 0.5) is 4.39 Å². The van der Waals surface area contributed by atoms with Crippen LogP contribution in [0, 0.1) is 11.7 Å². The van der Waals surface area contributed by atoms with Crippen molar-refractivity contribution < 1.29 is 18.7 Å². The van der Waals surface area contributed by atoms with Crippen molar-refractivity contribution in [2.75, 3.05) is 13.7 Å². The standard InChI is InChI=1S/C16H18FNO3/c1-21-15(19)6-3-7-18-16(20)13-8-12(9-13)11-4-2-5-14(17)10-11/h2-6,10,12-13H,7-9H2,1H3,(H,18,20)/b6-3+. The summed E-state index contributed by atoms with van der Waals surface area (Å²) in [5.74, 6) is -0.503. The Morgan fingerprint density at radius 3 is 2.86 bits per heavy atom. The minimum absolute atomic E-state index is 0.0304. The summed E-state index contributed by atoms with van der Waals surface area (Å²) >= 11 is 0. The van der Waals surface area contributed by atoms with Crippen molar-refractivity contribution >= 4 is 11.9 Å². The van der Waals surface area contributed by atoms with E-state index in [9.17, 15) is 14.0 Å². The molecule has 0 radical (unpaired) electrons. The minimum Gasteiger partial charge on any atom is -0.466 e. The molecule has 0 aliphatic heterocycles. The molecule has 0 aromatic heterocycles. The number of amides is 1. The zero-order valence-corrected chi connectivity index (χ0v) is 11.8. The number of carbonyl (C=O) groups excluding carboxylic acids is 2. The van der Waals surface area contributed by atoms with Crippen LogP contribution in [-0.2, 0) is 14.3 Å². The Labute approximate surface area is 123 Å². The van der Waals surface area contributed by atoms with Crippen LogP contribution in [0.1, 0.15) is 24.3 Å². The second-order valence-corrected chi connectivity index (χ2v) is 5.09. The number of nitrogens with one attached hydrogen (secondary N) is 1. The lowest BCUT2D eigenvalue weighted by Crippen LogP contribution is -2.38. The Hall–Kier alpha value is -2.17. The summed E-state index contributed by atoms with van der Waals surface area (Å²) in [7, 11) is 1.30. The molecule has 1 aliphatic carbocycles. The number of benzene rings is 1. The third-order valence-electron chi connectivity index (χ3n) is 3.68. The minimum atomic E-state index is -0.445. The molecule has 0 bridgehead atoms. The third-order valence-corrected chi connectivity index (χ3v) is 3.68. The second-order valence-electron chi connectivity index (χ2n) is 5.09. The van der Waals surface area contributed by atoms with Gasteiger partial charge in [-0.15, -0.1) is 0 Å². The van der Waals surface area contributed by atoms with Crippen molar-refractivity contribution in [1.82, 2.24) is 5.32 Å². The first kappa shape index (κ1) is 15.2. The summed E-state index contributed by atoms with van der Waals surface area (Å²) in [6.45, 7) is 0.301. The van der Waals surface area contributed by atoms with Gasteiger partial charge in [-0.05, 0) is 36.5 Å². The number of carbonyl (C=O) groups is 2. The molecule has 0 spiro atoms. The van der Waals surface area contributed by atoms with Crippen LogP contribution in [-0.4, -0.2) is 25.5 Å². The maximum atomic E-state index is 13.1. The molecule has 1 saturated carbocycles. The fourth-order valence-corrected chi connectivity index (χ4v) is 2.39. The third kappa shape index (κ3) is 4.15. The van der Waals surface area contributed by atoms with Gasteiger partial charge in [-0.1, -0.05) is 18.2 Å². The molecule has 1 aromatic rings. The summed E-state index contributed by atoms with van der Waals surface area (Å²) in [5.41, 5.74) is 0.949. The molecule has 1 amide bonds. The number of rotatable bonds is 5. The van der Waals surface area contributed by atoms with Gasteiger partial charge in [0.25, 0.3) is 0 Å². The first-order chi connectivity index (χ1) is 10.1. The normalized spacial score (nSPS) is 20.9. The number of esters is 1. The molecule has 112 valence electrons. The van der Waals surface area contributed by atoms with Gasteiger partial charge < -0.3 is 10.1 Å². The van der Waals surface area contributed by atoms with Crippen LogP contribution in [0.2, 0.25) is 0 Å². The first-order valence-electron chi connectivity index (χ1n) is 6.88. The highest BCUT2D eigenvalue weighted by Crippen LogP contribution is 2.41. The zero-order valence-electron chi connectivity index (χ0n) is 11.8. The van der Waals surface area contributed by atoms with Gasteiger partial charge in [0.15, 0.2) is 0 Å². The molecular formula is C16H18FNO3. The highest BCUT2D eigenvalue weighted by atomic mass is 19.1. The average Bonchev–Trinajstić information content (AvgIpc) is 2.42. The van der Waals surface area contributed by atoms with Crippen molar-refractivity contribution in [3.63, 3.8) is 0 Å². The van der Waals surface area contributed by atoms with E-state index in [2.05, 4.69) is 10.1 Å². The highest BCUT2D eigenvalue weighted by Gasteiger charge is 2.35. The zero-order chi connectivity index (χ0) is 15.2. The summed E-state index contributed by atoms with van der Waals surface area (Å²) in [4.78, 5) is 22.7. The topological polar surface area (TPSA) is 55.4 Å². The molecule has 1 N–H and O–H groups in total. The first-order valence-corrected chi connectivity index (χ1v) is 6.88. The summed E-state index contributed by atoms with van der Waals surface area (Å²) in [6.07, 6.45) is 4.29. The van der Waals surface area contributed by atoms with E-state index in [0.717, 1.165) is 18.4 Å². The van der Waals surface area contributed by atoms with Crippen molar-refractivity contribution in [1.29, 1.82) is 0 Å². The van der Waals surface area contributed by atoms with Gasteiger partial charge in [-0.25, -0.2) is 9.18 Å². The maximum absolute atomic E-state index is 13.1. The van der Waals surface area contributed by atoms with Crippen LogP contribution in [0.3, 0.4) is 0 Å². The summed E-state index contributed by atoms with van der Waals surface area (Å²) in [6, 6.07) is 6.52. The number of ether oxygens (including phenoxy) is 1. The molecule has 5 heteroatoms. The average molecular weight is 291 g/mol. The maximum Gasteiger partial charge on any atom is 0.330 e. The van der Waals surface area contributed by atoms with Crippen LogP contribution in [0.5, 0.6) is 0 Å². The Morgan fingerprint density at radius 1 is 1.43 bits per heavy atom. The largest absolute Gasteiger partial charge is 0.466 e. The van der Waals surface area contributed by atoms with E-state index in [1.165, 1.54) is 25.3 Å². The van der Waals surface area contributed by atoms with Gasteiger partial charge in [0.05, 0.1) is 7.11 Å². The molecule has 0 unspecified atom stereocenters. The summed E-state index contributed by atoms with van der Waals surface area (Å²) < 4.78 is 17.6. The molecule has 1 aliphatic rings. The predicted molar refractivity (Wildman–Crippen MR) is 76.0 cm³/mol. The molecule has 1 aromatic carbocycles. The number of methoxy groups -OCH3 is 1. The van der Waals surface area contributed by atoms with Gasteiger partial charge >= 0.3 is 5.97 Å². The number of hydrogen-bond acceptors (Lipinski definition) is 3. The van der Waals surface area contributed by atoms with Crippen LogP contribution in [0.15, 0.2) is 36.4 Å². The quantitative estimate of drug-likeness (QED) is 0.668. The smallest absolute Gasteiger partial charge is 0.330 e. The lowest BCUT2D eigenvalue weighted by atomic mass is 9.71. The molecule has 0 atom stereocenters. The van der Waals surface area contributed by atoms with Gasteiger partial charge in [-0.2, -0.15) is 0 Å².